The van der Waals surface area contributed by atoms with Gasteiger partial charge in [-0.1, -0.05) is 16.8 Å². The molecule has 5 nitrogen and oxygen atoms in total. The van der Waals surface area contributed by atoms with Gasteiger partial charge in [-0.05, 0) is 49.2 Å². The van der Waals surface area contributed by atoms with Crippen molar-refractivity contribution in [2.24, 2.45) is 11.8 Å². The second kappa shape index (κ2) is 5.40. The minimum Gasteiger partial charge on any atom is -0.334 e. The van der Waals surface area contributed by atoms with Crippen LogP contribution in [-0.2, 0) is 6.54 Å². The molecule has 2 atom stereocenters. The Morgan fingerprint density at radius 1 is 1.19 bits per heavy atom. The van der Waals surface area contributed by atoms with Gasteiger partial charge in [0.2, 0.25) is 0 Å². The van der Waals surface area contributed by atoms with E-state index in [-0.39, 0.29) is 0 Å². The van der Waals surface area contributed by atoms with Crippen LogP contribution in [-0.4, -0.2) is 41.2 Å². The van der Waals surface area contributed by atoms with E-state index < -0.39 is 0 Å². The molecular weight excluding hydrogens is 288 g/mol. The summed E-state index contributed by atoms with van der Waals surface area (Å²) < 4.78 is 5.35. The number of benzene rings is 1. The molecule has 4 rings (SSSR count). The Labute approximate surface area is 128 Å². The second-order valence-electron chi connectivity index (χ2n) is 5.90. The summed E-state index contributed by atoms with van der Waals surface area (Å²) in [6.45, 7) is 5.31. The Morgan fingerprint density at radius 2 is 1.90 bits per heavy atom. The molecule has 2 aliphatic rings. The Kier molecular flexibility index (Phi) is 3.41. The van der Waals surface area contributed by atoms with E-state index >= 15 is 0 Å². The predicted octanol–water partition coefficient (Wildman–Crippen LogP) is 2.04. The summed E-state index contributed by atoms with van der Waals surface area (Å²) in [7, 11) is 0. The molecule has 6 heteroatoms. The van der Waals surface area contributed by atoms with Gasteiger partial charge in [-0.15, -0.1) is 0 Å². The maximum absolute atomic E-state index is 5.89. The molecule has 1 aromatic carbocycles. The van der Waals surface area contributed by atoms with Crippen LogP contribution >= 0.6 is 11.6 Å². The van der Waals surface area contributed by atoms with Gasteiger partial charge in [0.25, 0.3) is 5.89 Å². The molecule has 1 N–H and O–H groups in total. The van der Waals surface area contributed by atoms with Gasteiger partial charge in [-0.3, -0.25) is 4.90 Å². The van der Waals surface area contributed by atoms with Crippen molar-refractivity contribution in [3.8, 4) is 11.5 Å². The van der Waals surface area contributed by atoms with Gasteiger partial charge in [0.1, 0.15) is 0 Å². The lowest BCUT2D eigenvalue weighted by Gasteiger charge is -2.13. The molecule has 110 valence electrons. The van der Waals surface area contributed by atoms with Gasteiger partial charge in [0.15, 0.2) is 5.82 Å². The first-order valence-corrected chi connectivity index (χ1v) is 7.67. The molecule has 1 aromatic heterocycles. The number of aromatic nitrogens is 2. The van der Waals surface area contributed by atoms with E-state index in [0.717, 1.165) is 55.9 Å². The Bertz CT molecular complexity index is 615. The number of hydrogen-bond donors (Lipinski definition) is 1. The van der Waals surface area contributed by atoms with E-state index in [1.54, 1.807) is 0 Å². The zero-order valence-electron chi connectivity index (χ0n) is 11.6. The Balaban J connectivity index is 1.44. The third-order valence-corrected chi connectivity index (χ3v) is 4.64. The van der Waals surface area contributed by atoms with E-state index in [2.05, 4.69) is 20.4 Å². The number of nitrogens with zero attached hydrogens (tertiary/aromatic N) is 3. The molecule has 2 aliphatic heterocycles. The van der Waals surface area contributed by atoms with Crippen LogP contribution in [0.4, 0.5) is 0 Å². The molecule has 0 spiro atoms. The lowest BCUT2D eigenvalue weighted by atomic mass is 10.0. The van der Waals surface area contributed by atoms with Gasteiger partial charge >= 0.3 is 0 Å². The van der Waals surface area contributed by atoms with Crippen molar-refractivity contribution in [2.75, 3.05) is 26.2 Å². The molecule has 0 amide bonds. The van der Waals surface area contributed by atoms with Crippen molar-refractivity contribution in [1.29, 1.82) is 0 Å². The van der Waals surface area contributed by atoms with Crippen molar-refractivity contribution >= 4 is 11.6 Å². The smallest absolute Gasteiger partial charge is 0.257 e. The summed E-state index contributed by atoms with van der Waals surface area (Å²) in [5.74, 6) is 2.89. The van der Waals surface area contributed by atoms with E-state index in [1.165, 1.54) is 0 Å². The number of likely N-dealkylation sites (tertiary alicyclic amines) is 1. The van der Waals surface area contributed by atoms with Gasteiger partial charge in [0.05, 0.1) is 6.54 Å². The quantitative estimate of drug-likeness (QED) is 0.940. The number of hydrogen-bond acceptors (Lipinski definition) is 5. The van der Waals surface area contributed by atoms with E-state index in [9.17, 15) is 0 Å². The summed E-state index contributed by atoms with van der Waals surface area (Å²) in [4.78, 5) is 6.91. The van der Waals surface area contributed by atoms with Crippen LogP contribution < -0.4 is 5.32 Å². The van der Waals surface area contributed by atoms with Crippen molar-refractivity contribution < 1.29 is 4.52 Å². The highest BCUT2D eigenvalue weighted by molar-refractivity contribution is 6.30. The van der Waals surface area contributed by atoms with Crippen molar-refractivity contribution in [2.45, 2.75) is 6.54 Å². The number of fused-ring (bicyclic) bond motifs is 1. The first-order valence-electron chi connectivity index (χ1n) is 7.29. The highest BCUT2D eigenvalue weighted by Crippen LogP contribution is 2.27. The van der Waals surface area contributed by atoms with Crippen molar-refractivity contribution in [3.63, 3.8) is 0 Å². The normalized spacial score (nSPS) is 25.4. The van der Waals surface area contributed by atoms with E-state index in [0.29, 0.717) is 10.9 Å². The number of halogens is 1. The minimum absolute atomic E-state index is 0.558. The molecule has 0 bridgehead atoms. The van der Waals surface area contributed by atoms with Crippen LogP contribution in [0.2, 0.25) is 5.02 Å². The monoisotopic (exact) mass is 304 g/mol. The van der Waals surface area contributed by atoms with Crippen LogP contribution in [0.5, 0.6) is 0 Å². The van der Waals surface area contributed by atoms with E-state index in [1.807, 2.05) is 24.3 Å². The summed E-state index contributed by atoms with van der Waals surface area (Å²) in [6.07, 6.45) is 0. The van der Waals surface area contributed by atoms with Gasteiger partial charge in [0, 0.05) is 23.7 Å². The van der Waals surface area contributed by atoms with Crippen LogP contribution in [0, 0.1) is 11.8 Å². The summed E-state index contributed by atoms with van der Waals surface area (Å²) in [5, 5.41) is 8.25. The third-order valence-electron chi connectivity index (χ3n) is 4.39. The number of nitrogens with one attached hydrogen (secondary N) is 1. The molecule has 0 radical (unpaired) electrons. The molecule has 21 heavy (non-hydrogen) atoms. The Hall–Kier alpha value is -1.43. The maximum atomic E-state index is 5.89. The largest absolute Gasteiger partial charge is 0.334 e. The molecule has 0 aliphatic carbocycles. The van der Waals surface area contributed by atoms with Crippen LogP contribution in [0.25, 0.3) is 11.5 Å². The molecule has 0 saturated carbocycles. The molecule has 2 fully saturated rings. The second-order valence-corrected chi connectivity index (χ2v) is 6.33. The SMILES string of the molecule is Clc1ccc(-c2nc(CN3CC4CNCC4C3)no2)cc1. The first kappa shape index (κ1) is 13.2. The first-order chi connectivity index (χ1) is 10.3. The van der Waals surface area contributed by atoms with Crippen LogP contribution in [0.1, 0.15) is 5.82 Å². The summed E-state index contributed by atoms with van der Waals surface area (Å²) >= 11 is 5.89. The molecule has 2 unspecified atom stereocenters. The average molecular weight is 305 g/mol. The van der Waals surface area contributed by atoms with Gasteiger partial charge < -0.3 is 9.84 Å². The zero-order valence-corrected chi connectivity index (χ0v) is 12.4. The molecular formula is C15H17ClN4O. The fraction of sp³-hybridized carbons (Fsp3) is 0.467. The lowest BCUT2D eigenvalue weighted by molar-refractivity contribution is 0.291. The van der Waals surface area contributed by atoms with Crippen molar-refractivity contribution in [1.82, 2.24) is 20.4 Å². The standard InChI is InChI=1S/C15H17ClN4O/c16-13-3-1-10(2-4-13)15-18-14(19-21-15)9-20-7-11-5-17-6-12(11)8-20/h1-4,11-12,17H,5-9H2. The molecule has 2 saturated heterocycles. The highest BCUT2D eigenvalue weighted by Gasteiger charge is 2.36. The topological polar surface area (TPSA) is 54.2 Å². The predicted molar refractivity (Wildman–Crippen MR) is 79.9 cm³/mol. The third kappa shape index (κ3) is 2.69. The minimum atomic E-state index is 0.558. The number of rotatable bonds is 3. The summed E-state index contributed by atoms with van der Waals surface area (Å²) in [6, 6.07) is 7.45. The van der Waals surface area contributed by atoms with Gasteiger partial charge in [-0.25, -0.2) is 0 Å². The van der Waals surface area contributed by atoms with Crippen molar-refractivity contribution in [3.05, 3.63) is 35.1 Å². The molecule has 2 aromatic rings. The average Bonchev–Trinajstić information content (AvgIpc) is 3.16. The highest BCUT2D eigenvalue weighted by atomic mass is 35.5. The lowest BCUT2D eigenvalue weighted by Crippen LogP contribution is -2.25. The maximum Gasteiger partial charge on any atom is 0.257 e. The fourth-order valence-corrected chi connectivity index (χ4v) is 3.44. The van der Waals surface area contributed by atoms with E-state index in [4.69, 9.17) is 16.1 Å². The molecule has 3 heterocycles. The van der Waals surface area contributed by atoms with Crippen LogP contribution in [0.15, 0.2) is 28.8 Å². The fourth-order valence-electron chi connectivity index (χ4n) is 3.31. The summed E-state index contributed by atoms with van der Waals surface area (Å²) in [5.41, 5.74) is 0.903. The van der Waals surface area contributed by atoms with Crippen LogP contribution in [0.3, 0.4) is 0 Å². The van der Waals surface area contributed by atoms with Gasteiger partial charge in [-0.2, -0.15) is 4.98 Å². The zero-order chi connectivity index (χ0) is 14.2. The Morgan fingerprint density at radius 3 is 2.62 bits per heavy atom.